The molecule has 5 heteroatoms. The van der Waals surface area contributed by atoms with E-state index in [0.29, 0.717) is 13.0 Å². The number of hydrogen-bond donors (Lipinski definition) is 0. The van der Waals surface area contributed by atoms with Gasteiger partial charge in [0.25, 0.3) is 0 Å². The number of ether oxygens (including phenoxy) is 1. The van der Waals surface area contributed by atoms with Gasteiger partial charge >= 0.3 is 0 Å². The standard InChI is InChI=1S/C28H34N2O3/c1-16(2)8-10-20-21-14-18(33-5)9-11-19(21)22-15-25-27(31)29-12-6-7-23(29)28(32)30(25)24(26(20)22)13-17(3)4/h8-9,11,13-14,20,23-25H,6-7,10,12,15H2,1-5H3/t20?,23-,24-,25-/m0/s1. The first-order chi connectivity index (χ1) is 15.8. The van der Waals surface area contributed by atoms with E-state index in [0.717, 1.165) is 30.6 Å². The molecule has 2 saturated heterocycles. The Morgan fingerprint density at radius 2 is 1.88 bits per heavy atom. The van der Waals surface area contributed by atoms with Crippen molar-refractivity contribution in [3.8, 4) is 5.75 Å². The molecule has 0 aromatic heterocycles. The Morgan fingerprint density at radius 1 is 1.09 bits per heavy atom. The summed E-state index contributed by atoms with van der Waals surface area (Å²) in [6.07, 6.45) is 7.66. The molecule has 4 atom stereocenters. The van der Waals surface area contributed by atoms with Gasteiger partial charge in [0.15, 0.2) is 0 Å². The Morgan fingerprint density at radius 3 is 2.58 bits per heavy atom. The van der Waals surface area contributed by atoms with Crippen LogP contribution < -0.4 is 4.74 Å². The highest BCUT2D eigenvalue weighted by molar-refractivity contribution is 6.01. The van der Waals surface area contributed by atoms with Crippen LogP contribution in [0.4, 0.5) is 0 Å². The molecule has 33 heavy (non-hydrogen) atoms. The number of benzene rings is 1. The fourth-order valence-electron chi connectivity index (χ4n) is 6.25. The lowest BCUT2D eigenvalue weighted by Crippen LogP contribution is -2.66. The molecule has 0 radical (unpaired) electrons. The topological polar surface area (TPSA) is 49.9 Å². The van der Waals surface area contributed by atoms with Gasteiger partial charge in [-0.15, -0.1) is 0 Å². The van der Waals surface area contributed by atoms with E-state index in [2.05, 4.69) is 52.0 Å². The molecule has 3 heterocycles. The molecule has 0 saturated carbocycles. The summed E-state index contributed by atoms with van der Waals surface area (Å²) < 4.78 is 5.57. The van der Waals surface area contributed by atoms with Crippen LogP contribution in [0.25, 0.3) is 5.57 Å². The van der Waals surface area contributed by atoms with Crippen LogP contribution in [0, 0.1) is 0 Å². The quantitative estimate of drug-likeness (QED) is 0.622. The summed E-state index contributed by atoms with van der Waals surface area (Å²) in [5, 5.41) is 0. The third-order valence-electron chi connectivity index (χ3n) is 7.65. The molecule has 2 amide bonds. The molecule has 5 rings (SSSR count). The first-order valence-corrected chi connectivity index (χ1v) is 12.1. The summed E-state index contributed by atoms with van der Waals surface area (Å²) in [5.41, 5.74) is 7.46. The van der Waals surface area contributed by atoms with Gasteiger partial charge in [0.1, 0.15) is 17.8 Å². The molecule has 174 valence electrons. The number of fused-ring (bicyclic) bond motifs is 4. The van der Waals surface area contributed by atoms with Crippen molar-refractivity contribution in [1.82, 2.24) is 9.80 Å². The molecule has 1 aliphatic carbocycles. The second-order valence-electron chi connectivity index (χ2n) is 10.3. The van der Waals surface area contributed by atoms with Crippen molar-refractivity contribution < 1.29 is 14.3 Å². The molecular formula is C28H34N2O3. The third kappa shape index (κ3) is 3.44. The van der Waals surface area contributed by atoms with Crippen LogP contribution in [0.2, 0.25) is 0 Å². The minimum absolute atomic E-state index is 0.124. The predicted molar refractivity (Wildman–Crippen MR) is 130 cm³/mol. The van der Waals surface area contributed by atoms with Crippen molar-refractivity contribution in [2.45, 2.75) is 77.4 Å². The number of amides is 2. The highest BCUT2D eigenvalue weighted by Gasteiger charge is 2.54. The Hall–Kier alpha value is -2.82. The summed E-state index contributed by atoms with van der Waals surface area (Å²) in [6, 6.07) is 5.43. The third-order valence-corrected chi connectivity index (χ3v) is 7.65. The molecule has 1 aromatic rings. The van der Waals surface area contributed by atoms with Crippen molar-refractivity contribution in [2.24, 2.45) is 0 Å². The van der Waals surface area contributed by atoms with Crippen molar-refractivity contribution >= 4 is 17.4 Å². The maximum Gasteiger partial charge on any atom is 0.246 e. The fourth-order valence-corrected chi connectivity index (χ4v) is 6.25. The molecule has 1 aromatic carbocycles. The average Bonchev–Trinajstić information content (AvgIpc) is 3.38. The van der Waals surface area contributed by atoms with Gasteiger partial charge in [-0.05, 0) is 81.4 Å². The van der Waals surface area contributed by atoms with Crippen LogP contribution >= 0.6 is 0 Å². The van der Waals surface area contributed by atoms with Gasteiger partial charge in [-0.3, -0.25) is 9.59 Å². The number of hydrogen-bond acceptors (Lipinski definition) is 3. The van der Waals surface area contributed by atoms with E-state index >= 15 is 0 Å². The van der Waals surface area contributed by atoms with Gasteiger partial charge in [-0.1, -0.05) is 29.4 Å². The summed E-state index contributed by atoms with van der Waals surface area (Å²) in [5.74, 6) is 1.27. The van der Waals surface area contributed by atoms with Crippen LogP contribution in [0.3, 0.4) is 0 Å². The van der Waals surface area contributed by atoms with E-state index < -0.39 is 6.04 Å². The van der Waals surface area contributed by atoms with Crippen molar-refractivity contribution in [2.75, 3.05) is 13.7 Å². The number of methoxy groups -OCH3 is 1. The summed E-state index contributed by atoms with van der Waals surface area (Å²) in [4.78, 5) is 31.1. The minimum Gasteiger partial charge on any atom is -0.497 e. The molecule has 3 aliphatic heterocycles. The summed E-state index contributed by atoms with van der Waals surface area (Å²) in [6.45, 7) is 9.12. The molecule has 0 spiro atoms. The zero-order valence-corrected chi connectivity index (χ0v) is 20.4. The average molecular weight is 447 g/mol. The molecule has 4 aliphatic rings. The summed E-state index contributed by atoms with van der Waals surface area (Å²) in [7, 11) is 1.70. The van der Waals surface area contributed by atoms with Gasteiger partial charge in [-0.2, -0.15) is 0 Å². The zero-order valence-electron chi connectivity index (χ0n) is 20.4. The molecule has 5 nitrogen and oxygen atoms in total. The molecular weight excluding hydrogens is 412 g/mol. The second kappa shape index (κ2) is 8.19. The van der Waals surface area contributed by atoms with Crippen molar-refractivity contribution in [3.05, 3.63) is 58.2 Å². The lowest BCUT2D eigenvalue weighted by atomic mass is 9.80. The fraction of sp³-hybridized carbons (Fsp3) is 0.500. The monoisotopic (exact) mass is 446 g/mol. The molecule has 2 fully saturated rings. The molecule has 0 N–H and O–H groups in total. The van der Waals surface area contributed by atoms with Crippen molar-refractivity contribution in [1.29, 1.82) is 0 Å². The van der Waals surface area contributed by atoms with E-state index in [-0.39, 0.29) is 29.8 Å². The van der Waals surface area contributed by atoms with Crippen LogP contribution in [0.15, 0.2) is 47.1 Å². The minimum atomic E-state index is -0.414. The maximum atomic E-state index is 13.8. The molecule has 0 bridgehead atoms. The zero-order chi connectivity index (χ0) is 23.4. The Kier molecular flexibility index (Phi) is 5.46. The predicted octanol–water partition coefficient (Wildman–Crippen LogP) is 4.84. The lowest BCUT2D eigenvalue weighted by molar-refractivity contribution is -0.160. The number of piperazine rings is 1. The van der Waals surface area contributed by atoms with Crippen LogP contribution in [0.5, 0.6) is 5.75 Å². The van der Waals surface area contributed by atoms with Crippen LogP contribution in [-0.2, 0) is 9.59 Å². The van der Waals surface area contributed by atoms with Gasteiger partial charge in [0.05, 0.1) is 13.2 Å². The van der Waals surface area contributed by atoms with E-state index in [4.69, 9.17) is 4.74 Å². The first kappa shape index (κ1) is 22.0. The normalized spacial score (nSPS) is 27.7. The Bertz CT molecular complexity index is 1100. The van der Waals surface area contributed by atoms with E-state index in [9.17, 15) is 9.59 Å². The van der Waals surface area contributed by atoms with Crippen molar-refractivity contribution in [3.63, 3.8) is 0 Å². The van der Waals surface area contributed by atoms with E-state index in [1.807, 2.05) is 15.9 Å². The highest BCUT2D eigenvalue weighted by Crippen LogP contribution is 2.53. The van der Waals surface area contributed by atoms with E-state index in [1.165, 1.54) is 27.8 Å². The van der Waals surface area contributed by atoms with E-state index in [1.54, 1.807) is 7.11 Å². The first-order valence-electron chi connectivity index (χ1n) is 12.1. The van der Waals surface area contributed by atoms with Gasteiger partial charge in [0.2, 0.25) is 11.8 Å². The number of carbonyl (C=O) groups is 2. The van der Waals surface area contributed by atoms with Crippen LogP contribution in [-0.4, -0.2) is 53.4 Å². The Labute approximate surface area is 196 Å². The maximum absolute atomic E-state index is 13.8. The smallest absolute Gasteiger partial charge is 0.246 e. The lowest BCUT2D eigenvalue weighted by Gasteiger charge is -2.49. The molecule has 1 unspecified atom stereocenters. The van der Waals surface area contributed by atoms with Gasteiger partial charge < -0.3 is 14.5 Å². The van der Waals surface area contributed by atoms with Gasteiger partial charge in [0, 0.05) is 18.9 Å². The van der Waals surface area contributed by atoms with Gasteiger partial charge in [-0.25, -0.2) is 0 Å². The number of allylic oxidation sites excluding steroid dienone is 3. The van der Waals surface area contributed by atoms with Crippen LogP contribution in [0.1, 0.15) is 70.4 Å². The Balaban J connectivity index is 1.69. The highest BCUT2D eigenvalue weighted by atomic mass is 16.5. The second-order valence-corrected chi connectivity index (χ2v) is 10.3. The number of nitrogens with zero attached hydrogens (tertiary/aromatic N) is 2. The SMILES string of the molecule is COc1ccc2c(c1)C(CC=C(C)C)C1=C2C[C@H]2C(=O)N3CCC[C@H]3C(=O)N2[C@H]1C=C(C)C. The number of rotatable bonds is 4. The summed E-state index contributed by atoms with van der Waals surface area (Å²) >= 11 is 0. The number of carbonyl (C=O) groups excluding carboxylic acids is 2. The largest absolute Gasteiger partial charge is 0.497 e.